The van der Waals surface area contributed by atoms with Crippen LogP contribution >= 0.6 is 23.1 Å². The van der Waals surface area contributed by atoms with Crippen molar-refractivity contribution in [1.29, 1.82) is 0 Å². The molecule has 0 bridgehead atoms. The van der Waals surface area contributed by atoms with E-state index in [1.165, 1.54) is 7.11 Å². The summed E-state index contributed by atoms with van der Waals surface area (Å²) < 4.78 is 5.51. The minimum Gasteiger partial charge on any atom is -0.481 e. The molecule has 1 heterocycles. The Morgan fingerprint density at radius 3 is 2.72 bits per heavy atom. The molecule has 0 saturated carbocycles. The first-order valence-electron chi connectivity index (χ1n) is 4.90. The Labute approximate surface area is 112 Å². The molecule has 0 unspecified atom stereocenters. The second-order valence-corrected chi connectivity index (χ2v) is 5.92. The minimum atomic E-state index is -0.958. The predicted octanol–water partition coefficient (Wildman–Crippen LogP) is 1.08. The van der Waals surface area contributed by atoms with Gasteiger partial charge < -0.3 is 9.84 Å². The fourth-order valence-electron chi connectivity index (χ4n) is 0.782. The normalized spacial score (nSPS) is 11.3. The molecular weight excluding hydrogens is 278 g/mol. The van der Waals surface area contributed by atoms with Crippen molar-refractivity contribution in [2.24, 2.45) is 0 Å². The van der Waals surface area contributed by atoms with Gasteiger partial charge in [-0.3, -0.25) is 14.9 Å². The van der Waals surface area contributed by atoms with Crippen LogP contribution in [-0.4, -0.2) is 45.6 Å². The molecule has 9 heteroatoms. The molecule has 0 saturated heterocycles. The van der Waals surface area contributed by atoms with Crippen LogP contribution in [0.1, 0.15) is 13.8 Å². The third-order valence-electron chi connectivity index (χ3n) is 2.00. The molecule has 0 atom stereocenters. The molecule has 0 aliphatic carbocycles. The zero-order valence-electron chi connectivity index (χ0n) is 10.1. The summed E-state index contributed by atoms with van der Waals surface area (Å²) in [6, 6.07) is 0. The van der Waals surface area contributed by atoms with Gasteiger partial charge in [-0.2, -0.15) is 0 Å². The van der Waals surface area contributed by atoms with E-state index in [0.717, 1.165) is 23.1 Å². The van der Waals surface area contributed by atoms with Crippen LogP contribution in [0.3, 0.4) is 0 Å². The molecule has 1 aromatic heterocycles. The van der Waals surface area contributed by atoms with E-state index in [9.17, 15) is 9.59 Å². The number of hydrogen-bond acceptors (Lipinski definition) is 7. The number of nitrogens with zero attached hydrogens (tertiary/aromatic N) is 2. The molecule has 0 aliphatic rings. The Morgan fingerprint density at radius 2 is 2.17 bits per heavy atom. The fraction of sp³-hybridized carbons (Fsp3) is 0.556. The van der Waals surface area contributed by atoms with Gasteiger partial charge in [-0.15, -0.1) is 10.2 Å². The van der Waals surface area contributed by atoms with E-state index in [1.54, 1.807) is 13.8 Å². The zero-order chi connectivity index (χ0) is 13.8. The SMILES string of the molecule is COC(C)(C)C(=O)Nc1nnc(SCC(=O)O)s1. The first-order valence-corrected chi connectivity index (χ1v) is 6.70. The summed E-state index contributed by atoms with van der Waals surface area (Å²) in [7, 11) is 1.44. The lowest BCUT2D eigenvalue weighted by Gasteiger charge is -2.20. The highest BCUT2D eigenvalue weighted by atomic mass is 32.2. The molecule has 0 radical (unpaired) electrons. The molecule has 0 spiro atoms. The van der Waals surface area contributed by atoms with Crippen molar-refractivity contribution >= 4 is 40.1 Å². The fourth-order valence-corrected chi connectivity index (χ4v) is 2.25. The van der Waals surface area contributed by atoms with E-state index in [0.29, 0.717) is 9.47 Å². The van der Waals surface area contributed by atoms with E-state index in [4.69, 9.17) is 9.84 Å². The Hall–Kier alpha value is -1.19. The van der Waals surface area contributed by atoms with Crippen molar-refractivity contribution in [1.82, 2.24) is 10.2 Å². The highest BCUT2D eigenvalue weighted by molar-refractivity contribution is 8.01. The summed E-state index contributed by atoms with van der Waals surface area (Å²) in [6.45, 7) is 3.26. The number of anilines is 1. The van der Waals surface area contributed by atoms with E-state index in [2.05, 4.69) is 15.5 Å². The summed E-state index contributed by atoms with van der Waals surface area (Å²) in [5.41, 5.74) is -0.958. The minimum absolute atomic E-state index is 0.0911. The summed E-state index contributed by atoms with van der Waals surface area (Å²) in [4.78, 5) is 22.1. The maximum Gasteiger partial charge on any atom is 0.313 e. The predicted molar refractivity (Wildman–Crippen MR) is 68.0 cm³/mol. The maximum absolute atomic E-state index is 11.7. The molecule has 2 N–H and O–H groups in total. The lowest BCUT2D eigenvalue weighted by Crippen LogP contribution is -2.38. The number of aromatic nitrogens is 2. The average molecular weight is 291 g/mol. The summed E-state index contributed by atoms with van der Waals surface area (Å²) in [6.07, 6.45) is 0. The molecule has 18 heavy (non-hydrogen) atoms. The molecule has 0 aromatic carbocycles. The highest BCUT2D eigenvalue weighted by Crippen LogP contribution is 2.25. The molecular formula is C9H13N3O4S2. The van der Waals surface area contributed by atoms with Gasteiger partial charge in [0.1, 0.15) is 5.60 Å². The molecule has 1 aromatic rings. The molecule has 1 amide bonds. The van der Waals surface area contributed by atoms with Crippen LogP contribution in [0.2, 0.25) is 0 Å². The van der Waals surface area contributed by atoms with Gasteiger partial charge in [-0.25, -0.2) is 0 Å². The number of nitrogens with one attached hydrogen (secondary N) is 1. The Kier molecular flexibility index (Phi) is 5.05. The number of rotatable bonds is 6. The number of amides is 1. The monoisotopic (exact) mass is 291 g/mol. The Bertz CT molecular complexity index is 447. The van der Waals surface area contributed by atoms with Gasteiger partial charge in [0.2, 0.25) is 5.13 Å². The van der Waals surface area contributed by atoms with Gasteiger partial charge in [0.05, 0.1) is 5.75 Å². The second kappa shape index (κ2) is 6.12. The van der Waals surface area contributed by atoms with Crippen LogP contribution in [0.5, 0.6) is 0 Å². The van der Waals surface area contributed by atoms with E-state index < -0.39 is 11.6 Å². The number of carbonyl (C=O) groups excluding carboxylic acids is 1. The van der Waals surface area contributed by atoms with Gasteiger partial charge in [-0.05, 0) is 13.8 Å². The summed E-state index contributed by atoms with van der Waals surface area (Å²) >= 11 is 2.17. The molecule has 100 valence electrons. The quantitative estimate of drug-likeness (QED) is 0.597. The molecule has 7 nitrogen and oxygen atoms in total. The van der Waals surface area contributed by atoms with Crippen LogP contribution in [0.25, 0.3) is 0 Å². The van der Waals surface area contributed by atoms with Gasteiger partial charge >= 0.3 is 5.97 Å². The van der Waals surface area contributed by atoms with Crippen molar-refractivity contribution in [3.8, 4) is 0 Å². The highest BCUT2D eigenvalue weighted by Gasteiger charge is 2.27. The van der Waals surface area contributed by atoms with Crippen LogP contribution in [0.4, 0.5) is 5.13 Å². The zero-order valence-corrected chi connectivity index (χ0v) is 11.7. The third kappa shape index (κ3) is 4.24. The van der Waals surface area contributed by atoms with E-state index >= 15 is 0 Å². The number of methoxy groups -OCH3 is 1. The van der Waals surface area contributed by atoms with Crippen LogP contribution in [0.15, 0.2) is 4.34 Å². The number of carboxylic acid groups (broad SMARTS) is 1. The number of carbonyl (C=O) groups is 2. The van der Waals surface area contributed by atoms with Gasteiger partial charge in [-0.1, -0.05) is 23.1 Å². The number of aliphatic carboxylic acids is 1. The first kappa shape index (κ1) is 14.9. The first-order chi connectivity index (χ1) is 8.35. The topological polar surface area (TPSA) is 101 Å². The van der Waals surface area contributed by atoms with Crippen molar-refractivity contribution < 1.29 is 19.4 Å². The standard InChI is InChI=1S/C9H13N3O4S2/c1-9(2,16-3)6(15)10-7-11-12-8(18-7)17-4-5(13)14/h4H2,1-3H3,(H,13,14)(H,10,11,15). The second-order valence-electron chi connectivity index (χ2n) is 3.72. The van der Waals surface area contributed by atoms with E-state index in [-0.39, 0.29) is 11.7 Å². The van der Waals surface area contributed by atoms with Crippen molar-refractivity contribution in [2.45, 2.75) is 23.8 Å². The number of thioether (sulfide) groups is 1. The van der Waals surface area contributed by atoms with Crippen LogP contribution in [-0.2, 0) is 14.3 Å². The largest absolute Gasteiger partial charge is 0.481 e. The van der Waals surface area contributed by atoms with Crippen molar-refractivity contribution in [3.05, 3.63) is 0 Å². The van der Waals surface area contributed by atoms with E-state index in [1.807, 2.05) is 0 Å². The van der Waals surface area contributed by atoms with Crippen LogP contribution < -0.4 is 5.32 Å². The summed E-state index contributed by atoms with van der Waals surface area (Å²) in [5, 5.41) is 18.9. The van der Waals surface area contributed by atoms with Crippen LogP contribution in [0, 0.1) is 0 Å². The number of ether oxygens (including phenoxy) is 1. The molecule has 0 aliphatic heterocycles. The third-order valence-corrected chi connectivity index (χ3v) is 3.96. The van der Waals surface area contributed by atoms with Gasteiger partial charge in [0.25, 0.3) is 5.91 Å². The average Bonchev–Trinajstić information content (AvgIpc) is 2.74. The number of hydrogen-bond donors (Lipinski definition) is 2. The maximum atomic E-state index is 11.7. The smallest absolute Gasteiger partial charge is 0.313 e. The van der Waals surface area contributed by atoms with Gasteiger partial charge in [0, 0.05) is 7.11 Å². The lowest BCUT2D eigenvalue weighted by molar-refractivity contribution is -0.134. The van der Waals surface area contributed by atoms with Crippen molar-refractivity contribution in [3.63, 3.8) is 0 Å². The summed E-state index contributed by atoms with van der Waals surface area (Å²) in [5.74, 6) is -1.36. The number of carboxylic acids is 1. The Balaban J connectivity index is 2.59. The van der Waals surface area contributed by atoms with Gasteiger partial charge in [0.15, 0.2) is 4.34 Å². The molecule has 1 rings (SSSR count). The Morgan fingerprint density at radius 1 is 1.50 bits per heavy atom. The lowest BCUT2D eigenvalue weighted by atomic mass is 10.1. The van der Waals surface area contributed by atoms with Crippen molar-refractivity contribution in [2.75, 3.05) is 18.2 Å². The molecule has 0 fully saturated rings.